The molecule has 2 N–H and O–H groups in total. The third-order valence-corrected chi connectivity index (χ3v) is 3.92. The van der Waals surface area contributed by atoms with E-state index in [1.165, 1.54) is 0 Å². The van der Waals surface area contributed by atoms with E-state index in [1.54, 1.807) is 17.8 Å². The number of nitrogen functional groups attached to an aromatic ring is 1. The van der Waals surface area contributed by atoms with E-state index >= 15 is 0 Å². The first-order valence-electron chi connectivity index (χ1n) is 6.82. The van der Waals surface area contributed by atoms with E-state index in [1.807, 2.05) is 24.3 Å². The highest BCUT2D eigenvalue weighted by molar-refractivity contribution is 7.99. The summed E-state index contributed by atoms with van der Waals surface area (Å²) in [5, 5.41) is 1.37. The second-order valence-electron chi connectivity index (χ2n) is 4.53. The molecule has 21 heavy (non-hydrogen) atoms. The number of anilines is 1. The molecule has 6 heteroatoms. The first-order chi connectivity index (χ1) is 10.2. The lowest BCUT2D eigenvalue weighted by Crippen LogP contribution is -2.01. The van der Waals surface area contributed by atoms with Crippen LogP contribution in [0.25, 0.3) is 0 Å². The van der Waals surface area contributed by atoms with Crippen molar-refractivity contribution in [2.24, 2.45) is 0 Å². The first kappa shape index (κ1) is 15.9. The number of thioether (sulfide) groups is 1. The molecule has 1 heterocycles. The van der Waals surface area contributed by atoms with Crippen molar-refractivity contribution in [2.75, 3.05) is 11.5 Å². The number of ether oxygens (including phenoxy) is 1. The lowest BCUT2D eigenvalue weighted by molar-refractivity contribution is 0.291. The Bertz CT molecular complexity index is 578. The summed E-state index contributed by atoms with van der Waals surface area (Å²) in [4.78, 5) is 8.57. The Morgan fingerprint density at radius 3 is 2.71 bits per heavy atom. The minimum absolute atomic E-state index is 0.423. The Kier molecular flexibility index (Phi) is 6.14. The zero-order chi connectivity index (χ0) is 15.1. The Morgan fingerprint density at radius 1 is 1.24 bits per heavy atom. The summed E-state index contributed by atoms with van der Waals surface area (Å²) in [5.41, 5.74) is 6.82. The molecule has 1 aromatic heterocycles. The third kappa shape index (κ3) is 5.44. The fourth-order valence-electron chi connectivity index (χ4n) is 1.60. The second kappa shape index (κ2) is 8.10. The van der Waals surface area contributed by atoms with E-state index in [-0.39, 0.29) is 0 Å². The molecular weight excluding hydrogens is 306 g/mol. The summed E-state index contributed by atoms with van der Waals surface area (Å²) >= 11 is 7.45. The van der Waals surface area contributed by atoms with Crippen molar-refractivity contribution in [1.82, 2.24) is 9.97 Å². The molecule has 0 fully saturated rings. The van der Waals surface area contributed by atoms with Crippen molar-refractivity contribution in [2.45, 2.75) is 31.5 Å². The Labute approximate surface area is 134 Å². The van der Waals surface area contributed by atoms with Crippen LogP contribution in [0.5, 0.6) is 5.88 Å². The molecule has 4 nitrogen and oxygen atoms in total. The molecule has 0 aliphatic carbocycles. The minimum atomic E-state index is 0.423. The molecule has 0 aliphatic rings. The molecule has 0 bridgehead atoms. The van der Waals surface area contributed by atoms with Crippen molar-refractivity contribution in [3.63, 3.8) is 0 Å². The van der Waals surface area contributed by atoms with Crippen molar-refractivity contribution in [3.05, 3.63) is 40.9 Å². The lowest BCUT2D eigenvalue weighted by atomic mass is 10.2. The number of benzene rings is 1. The summed E-state index contributed by atoms with van der Waals surface area (Å²) < 4.78 is 5.67. The van der Waals surface area contributed by atoms with Gasteiger partial charge in [-0.15, -0.1) is 0 Å². The van der Waals surface area contributed by atoms with Crippen LogP contribution in [-0.2, 0) is 6.61 Å². The largest absolute Gasteiger partial charge is 0.473 e. The number of rotatable bonds is 7. The molecule has 2 aromatic rings. The summed E-state index contributed by atoms with van der Waals surface area (Å²) in [5.74, 6) is 1.91. The van der Waals surface area contributed by atoms with Gasteiger partial charge in [0.15, 0.2) is 5.16 Å². The fourth-order valence-corrected chi connectivity index (χ4v) is 2.67. The average Bonchev–Trinajstić information content (AvgIpc) is 2.46. The van der Waals surface area contributed by atoms with Gasteiger partial charge in [-0.25, -0.2) is 4.98 Å². The number of halogens is 1. The maximum Gasteiger partial charge on any atom is 0.219 e. The number of hydrogen-bond acceptors (Lipinski definition) is 5. The van der Waals surface area contributed by atoms with Gasteiger partial charge in [0, 0.05) is 16.8 Å². The predicted molar refractivity (Wildman–Crippen MR) is 87.9 cm³/mol. The summed E-state index contributed by atoms with van der Waals surface area (Å²) in [6, 6.07) is 9.15. The molecule has 0 atom stereocenters. The zero-order valence-electron chi connectivity index (χ0n) is 11.9. The molecule has 0 amide bonds. The number of nitrogens with zero attached hydrogens (tertiary/aromatic N) is 2. The van der Waals surface area contributed by atoms with Crippen molar-refractivity contribution in [3.8, 4) is 5.88 Å². The summed E-state index contributed by atoms with van der Waals surface area (Å²) in [6.45, 7) is 2.58. The predicted octanol–water partition coefficient (Wildman–Crippen LogP) is 4.18. The van der Waals surface area contributed by atoms with Gasteiger partial charge in [-0.3, -0.25) is 0 Å². The fraction of sp³-hybridized carbons (Fsp3) is 0.333. The Morgan fingerprint density at radius 2 is 2.00 bits per heavy atom. The molecule has 2 rings (SSSR count). The molecular formula is C15H18ClN3OS. The second-order valence-corrected chi connectivity index (χ2v) is 6.03. The van der Waals surface area contributed by atoms with E-state index in [0.29, 0.717) is 28.5 Å². The molecule has 0 unspecified atom stereocenters. The molecule has 0 saturated heterocycles. The van der Waals surface area contributed by atoms with E-state index in [0.717, 1.165) is 24.2 Å². The van der Waals surface area contributed by atoms with E-state index in [9.17, 15) is 0 Å². The maximum atomic E-state index is 5.85. The molecule has 0 aliphatic heterocycles. The van der Waals surface area contributed by atoms with Gasteiger partial charge < -0.3 is 10.5 Å². The standard InChI is InChI=1S/C15H18ClN3OS/c1-2-3-8-21-15-18-13(17)9-14(19-15)20-10-11-4-6-12(16)7-5-11/h4-7,9H,2-3,8,10H2,1H3,(H2,17,18,19). The minimum Gasteiger partial charge on any atom is -0.473 e. The van der Waals surface area contributed by atoms with Crippen LogP contribution >= 0.6 is 23.4 Å². The number of hydrogen-bond donors (Lipinski definition) is 1. The molecule has 1 aromatic carbocycles. The van der Waals surface area contributed by atoms with Crippen LogP contribution in [0.4, 0.5) is 5.82 Å². The lowest BCUT2D eigenvalue weighted by Gasteiger charge is -2.08. The van der Waals surface area contributed by atoms with Crippen LogP contribution in [0, 0.1) is 0 Å². The summed E-state index contributed by atoms with van der Waals surface area (Å²) in [6.07, 6.45) is 2.28. The van der Waals surface area contributed by atoms with E-state index in [4.69, 9.17) is 22.1 Å². The van der Waals surface area contributed by atoms with Gasteiger partial charge in [-0.2, -0.15) is 4.98 Å². The van der Waals surface area contributed by atoms with E-state index in [2.05, 4.69) is 16.9 Å². The van der Waals surface area contributed by atoms with Crippen LogP contribution in [0.3, 0.4) is 0 Å². The van der Waals surface area contributed by atoms with Gasteiger partial charge in [0.2, 0.25) is 5.88 Å². The molecule has 0 radical (unpaired) electrons. The highest BCUT2D eigenvalue weighted by Crippen LogP contribution is 2.21. The smallest absolute Gasteiger partial charge is 0.219 e. The SMILES string of the molecule is CCCCSc1nc(N)cc(OCc2ccc(Cl)cc2)n1. The van der Waals surface area contributed by atoms with Crippen LogP contribution in [-0.4, -0.2) is 15.7 Å². The number of aromatic nitrogens is 2. The monoisotopic (exact) mass is 323 g/mol. The Balaban J connectivity index is 1.97. The van der Waals surface area contributed by atoms with Gasteiger partial charge in [-0.05, 0) is 24.1 Å². The highest BCUT2D eigenvalue weighted by atomic mass is 35.5. The van der Waals surface area contributed by atoms with Gasteiger partial charge in [0.1, 0.15) is 12.4 Å². The van der Waals surface area contributed by atoms with Crippen molar-refractivity contribution < 1.29 is 4.74 Å². The highest BCUT2D eigenvalue weighted by Gasteiger charge is 2.05. The molecule has 0 saturated carbocycles. The van der Waals surface area contributed by atoms with Crippen LogP contribution in [0.1, 0.15) is 25.3 Å². The van der Waals surface area contributed by atoms with Gasteiger partial charge in [0.05, 0.1) is 0 Å². The van der Waals surface area contributed by atoms with Crippen LogP contribution in [0.2, 0.25) is 5.02 Å². The number of unbranched alkanes of at least 4 members (excludes halogenated alkanes) is 1. The van der Waals surface area contributed by atoms with Crippen molar-refractivity contribution in [1.29, 1.82) is 0 Å². The number of nitrogens with two attached hydrogens (primary N) is 1. The zero-order valence-corrected chi connectivity index (χ0v) is 13.5. The summed E-state index contributed by atoms with van der Waals surface area (Å²) in [7, 11) is 0. The molecule has 0 spiro atoms. The van der Waals surface area contributed by atoms with Crippen molar-refractivity contribution >= 4 is 29.2 Å². The molecule has 112 valence electrons. The normalized spacial score (nSPS) is 10.6. The van der Waals surface area contributed by atoms with Crippen LogP contribution < -0.4 is 10.5 Å². The van der Waals surface area contributed by atoms with Gasteiger partial charge in [-0.1, -0.05) is 48.8 Å². The average molecular weight is 324 g/mol. The first-order valence-corrected chi connectivity index (χ1v) is 8.18. The maximum absolute atomic E-state index is 5.85. The Hall–Kier alpha value is -1.46. The van der Waals surface area contributed by atoms with E-state index < -0.39 is 0 Å². The topological polar surface area (TPSA) is 61.0 Å². The third-order valence-electron chi connectivity index (χ3n) is 2.73. The van der Waals surface area contributed by atoms with Gasteiger partial charge >= 0.3 is 0 Å². The quantitative estimate of drug-likeness (QED) is 0.470. The van der Waals surface area contributed by atoms with Crippen LogP contribution in [0.15, 0.2) is 35.5 Å². The van der Waals surface area contributed by atoms with Gasteiger partial charge in [0.25, 0.3) is 0 Å².